The summed E-state index contributed by atoms with van der Waals surface area (Å²) in [6.07, 6.45) is 0. The molecule has 0 aromatic carbocycles. The van der Waals surface area contributed by atoms with E-state index in [1.54, 1.807) is 11.3 Å². The van der Waals surface area contributed by atoms with Gasteiger partial charge < -0.3 is 0 Å². The van der Waals surface area contributed by atoms with Gasteiger partial charge in [0.15, 0.2) is 0 Å². The molecule has 0 saturated carbocycles. The first-order valence-corrected chi connectivity index (χ1v) is 4.07. The van der Waals surface area contributed by atoms with Crippen molar-refractivity contribution in [3.8, 4) is 0 Å². The van der Waals surface area contributed by atoms with E-state index in [1.165, 1.54) is 5.56 Å². The lowest BCUT2D eigenvalue weighted by Gasteiger charge is -2.15. The van der Waals surface area contributed by atoms with Gasteiger partial charge in [0.05, 0.1) is 0 Å². The van der Waals surface area contributed by atoms with Crippen LogP contribution >= 0.6 is 11.3 Å². The Hall–Kier alpha value is -0.235. The van der Waals surface area contributed by atoms with E-state index in [-0.39, 0.29) is 0 Å². The highest BCUT2D eigenvalue weighted by Crippen LogP contribution is 2.20. The molecule has 0 N–H and O–H groups in total. The van der Waals surface area contributed by atoms with Crippen molar-refractivity contribution in [3.05, 3.63) is 22.4 Å². The van der Waals surface area contributed by atoms with Crippen LogP contribution in [0.5, 0.6) is 0 Å². The molecule has 1 aromatic heterocycles. The van der Waals surface area contributed by atoms with E-state index in [1.807, 2.05) is 0 Å². The van der Waals surface area contributed by atoms with Gasteiger partial charge in [-0.25, -0.2) is 0 Å². The molecular weight excluding hydrogens is 127 g/mol. The number of hydrogen-bond donors (Lipinski definition) is 0. The minimum absolute atomic E-state index is 0.333. The van der Waals surface area contributed by atoms with Gasteiger partial charge >= 0.3 is 0 Å². The third-order valence-electron chi connectivity index (χ3n) is 1.39. The van der Waals surface area contributed by atoms with Crippen LogP contribution < -0.4 is 0 Å². The van der Waals surface area contributed by atoms with E-state index in [9.17, 15) is 0 Å². The van der Waals surface area contributed by atoms with Crippen LogP contribution in [-0.2, 0) is 5.31 Å². The SMILES string of the molecule is BC(C)(C)c1ccsc1. The molecular formula is C7H11BS. The maximum atomic E-state index is 2.23. The molecule has 1 rings (SSSR count). The van der Waals surface area contributed by atoms with E-state index in [4.69, 9.17) is 0 Å². The van der Waals surface area contributed by atoms with Crippen LogP contribution in [0.4, 0.5) is 0 Å². The molecule has 0 fully saturated rings. The molecule has 0 atom stereocenters. The molecule has 48 valence electrons. The highest BCUT2D eigenvalue weighted by molar-refractivity contribution is 7.08. The van der Waals surface area contributed by atoms with Crippen LogP contribution in [0.3, 0.4) is 0 Å². The Kier molecular flexibility index (Phi) is 1.67. The van der Waals surface area contributed by atoms with E-state index in [2.05, 4.69) is 38.5 Å². The predicted octanol–water partition coefficient (Wildman–Crippen LogP) is 1.62. The minimum Gasteiger partial charge on any atom is -0.152 e. The van der Waals surface area contributed by atoms with E-state index in [0.717, 1.165) is 0 Å². The fourth-order valence-electron chi connectivity index (χ4n) is 0.691. The van der Waals surface area contributed by atoms with Crippen LogP contribution in [0.2, 0.25) is 0 Å². The molecule has 0 bridgehead atoms. The lowest BCUT2D eigenvalue weighted by atomic mass is 9.68. The Bertz CT molecular complexity index is 171. The first kappa shape index (κ1) is 6.88. The summed E-state index contributed by atoms with van der Waals surface area (Å²) in [6, 6.07) is 2.19. The Labute approximate surface area is 61.3 Å². The van der Waals surface area contributed by atoms with Gasteiger partial charge in [0.25, 0.3) is 0 Å². The summed E-state index contributed by atoms with van der Waals surface area (Å²) >= 11 is 1.77. The zero-order valence-electron chi connectivity index (χ0n) is 6.14. The van der Waals surface area contributed by atoms with E-state index in [0.29, 0.717) is 5.31 Å². The molecule has 0 aliphatic rings. The third kappa shape index (κ3) is 1.58. The zero-order valence-corrected chi connectivity index (χ0v) is 6.96. The molecule has 0 unspecified atom stereocenters. The fraction of sp³-hybridized carbons (Fsp3) is 0.429. The monoisotopic (exact) mass is 138 g/mol. The van der Waals surface area contributed by atoms with Gasteiger partial charge in [-0.15, -0.1) is 0 Å². The molecule has 9 heavy (non-hydrogen) atoms. The first-order chi connectivity index (χ1) is 4.11. The summed E-state index contributed by atoms with van der Waals surface area (Å²) in [7, 11) is 2.23. The highest BCUT2D eigenvalue weighted by Gasteiger charge is 2.12. The molecule has 0 aliphatic heterocycles. The average Bonchev–Trinajstić information content (AvgIpc) is 2.08. The molecule has 0 spiro atoms. The molecule has 0 saturated heterocycles. The second-order valence-corrected chi connectivity index (χ2v) is 4.04. The van der Waals surface area contributed by atoms with E-state index >= 15 is 0 Å². The van der Waals surface area contributed by atoms with Crippen LogP contribution in [0.15, 0.2) is 16.8 Å². The Balaban J connectivity index is 2.90. The topological polar surface area (TPSA) is 0 Å². The summed E-state index contributed by atoms with van der Waals surface area (Å²) in [4.78, 5) is 0. The third-order valence-corrected chi connectivity index (χ3v) is 2.07. The minimum atomic E-state index is 0.333. The van der Waals surface area contributed by atoms with Crippen molar-refractivity contribution >= 4 is 19.2 Å². The molecule has 0 nitrogen and oxygen atoms in total. The Morgan fingerprint density at radius 2 is 2.22 bits per heavy atom. The summed E-state index contributed by atoms with van der Waals surface area (Å²) in [5.41, 5.74) is 1.44. The van der Waals surface area contributed by atoms with Gasteiger partial charge in [-0.2, -0.15) is 11.3 Å². The first-order valence-electron chi connectivity index (χ1n) is 3.13. The highest BCUT2D eigenvalue weighted by atomic mass is 32.1. The quantitative estimate of drug-likeness (QED) is 0.517. The molecule has 0 aliphatic carbocycles. The average molecular weight is 138 g/mol. The van der Waals surface area contributed by atoms with Gasteiger partial charge in [-0.3, -0.25) is 0 Å². The second-order valence-electron chi connectivity index (χ2n) is 3.26. The van der Waals surface area contributed by atoms with Crippen molar-refractivity contribution in [2.24, 2.45) is 0 Å². The van der Waals surface area contributed by atoms with Crippen LogP contribution in [0.25, 0.3) is 0 Å². The Morgan fingerprint density at radius 3 is 2.44 bits per heavy atom. The maximum Gasteiger partial charge on any atom is 0.114 e. The molecule has 0 amide bonds. The van der Waals surface area contributed by atoms with E-state index < -0.39 is 0 Å². The summed E-state index contributed by atoms with van der Waals surface area (Å²) in [5.74, 6) is 0. The smallest absolute Gasteiger partial charge is 0.114 e. The van der Waals surface area contributed by atoms with Gasteiger partial charge in [0.2, 0.25) is 0 Å². The van der Waals surface area contributed by atoms with Crippen molar-refractivity contribution in [2.45, 2.75) is 19.2 Å². The van der Waals surface area contributed by atoms with Gasteiger partial charge in [0, 0.05) is 0 Å². The number of rotatable bonds is 1. The zero-order chi connectivity index (χ0) is 6.91. The molecule has 1 heterocycles. The molecule has 0 radical (unpaired) electrons. The summed E-state index contributed by atoms with van der Waals surface area (Å²) in [5, 5.41) is 4.67. The van der Waals surface area contributed by atoms with Gasteiger partial charge in [0.1, 0.15) is 7.85 Å². The van der Waals surface area contributed by atoms with Gasteiger partial charge in [-0.05, 0) is 27.7 Å². The normalized spacial score (nSPS) is 11.8. The van der Waals surface area contributed by atoms with Crippen molar-refractivity contribution < 1.29 is 0 Å². The maximum absolute atomic E-state index is 2.23. The van der Waals surface area contributed by atoms with Gasteiger partial charge in [-0.1, -0.05) is 13.8 Å². The molecule has 1 aromatic rings. The lowest BCUT2D eigenvalue weighted by Crippen LogP contribution is -2.14. The second kappa shape index (κ2) is 2.18. The van der Waals surface area contributed by atoms with Crippen LogP contribution in [-0.4, -0.2) is 7.85 Å². The van der Waals surface area contributed by atoms with Crippen molar-refractivity contribution in [2.75, 3.05) is 0 Å². The standard InChI is InChI=1S/C7H11BS/c1-7(2,8)6-3-4-9-5-6/h3-5H,8H2,1-2H3. The van der Waals surface area contributed by atoms with Crippen molar-refractivity contribution in [1.29, 1.82) is 0 Å². The summed E-state index contributed by atoms with van der Waals surface area (Å²) < 4.78 is 0. The van der Waals surface area contributed by atoms with Crippen LogP contribution in [0, 0.1) is 0 Å². The Morgan fingerprint density at radius 1 is 1.56 bits per heavy atom. The number of hydrogen-bond acceptors (Lipinski definition) is 1. The predicted molar refractivity (Wildman–Crippen MR) is 45.9 cm³/mol. The fourth-order valence-corrected chi connectivity index (χ4v) is 1.57. The lowest BCUT2D eigenvalue weighted by molar-refractivity contribution is 0.768. The summed E-state index contributed by atoms with van der Waals surface area (Å²) in [6.45, 7) is 4.46. The molecule has 2 heteroatoms. The largest absolute Gasteiger partial charge is 0.152 e. The van der Waals surface area contributed by atoms with Crippen LogP contribution in [0.1, 0.15) is 19.4 Å². The number of thiophene rings is 1. The van der Waals surface area contributed by atoms with Crippen molar-refractivity contribution in [1.82, 2.24) is 0 Å². The van der Waals surface area contributed by atoms with Crippen molar-refractivity contribution in [3.63, 3.8) is 0 Å².